The van der Waals surface area contributed by atoms with Crippen LogP contribution in [-0.4, -0.2) is 39.4 Å². The number of aryl methyl sites for hydroxylation is 1. The van der Waals surface area contributed by atoms with Gasteiger partial charge >= 0.3 is 0 Å². The van der Waals surface area contributed by atoms with Crippen LogP contribution in [-0.2, 0) is 7.05 Å². The number of nitrogens with zero attached hydrogens (tertiary/aromatic N) is 5. The molecule has 1 aliphatic rings. The van der Waals surface area contributed by atoms with Crippen LogP contribution in [0.3, 0.4) is 0 Å². The Hall–Kier alpha value is -1.69. The summed E-state index contributed by atoms with van der Waals surface area (Å²) in [5.74, 6) is 1.57. The maximum absolute atomic E-state index is 5.61. The fourth-order valence-corrected chi connectivity index (χ4v) is 2.09. The van der Waals surface area contributed by atoms with E-state index in [9.17, 15) is 0 Å². The van der Waals surface area contributed by atoms with Crippen LogP contribution < -0.4 is 10.6 Å². The molecule has 0 amide bonds. The predicted molar refractivity (Wildman–Crippen MR) is 61.1 cm³/mol. The van der Waals surface area contributed by atoms with E-state index in [1.54, 1.807) is 11.0 Å². The highest BCUT2D eigenvalue weighted by atomic mass is 15.3. The lowest BCUT2D eigenvalue weighted by Crippen LogP contribution is -2.50. The molecule has 0 radical (unpaired) electrons. The lowest BCUT2D eigenvalue weighted by Gasteiger charge is -2.39. The first-order valence-corrected chi connectivity index (χ1v) is 5.37. The largest absolute Gasteiger partial charge is 0.355 e. The van der Waals surface area contributed by atoms with E-state index in [1.165, 1.54) is 0 Å². The minimum Gasteiger partial charge on any atom is -0.355 e. The van der Waals surface area contributed by atoms with Crippen molar-refractivity contribution in [3.8, 4) is 0 Å². The molecule has 0 saturated carbocycles. The quantitative estimate of drug-likeness (QED) is 0.753. The van der Waals surface area contributed by atoms with E-state index in [0.29, 0.717) is 5.92 Å². The summed E-state index contributed by atoms with van der Waals surface area (Å²) in [5.41, 5.74) is 6.49. The molecule has 2 aromatic heterocycles. The van der Waals surface area contributed by atoms with Gasteiger partial charge in [0.05, 0.1) is 11.6 Å². The van der Waals surface area contributed by atoms with Crippen LogP contribution >= 0.6 is 0 Å². The van der Waals surface area contributed by atoms with Crippen molar-refractivity contribution in [1.82, 2.24) is 19.7 Å². The first-order valence-electron chi connectivity index (χ1n) is 5.37. The number of hydrogen-bond acceptors (Lipinski definition) is 5. The van der Waals surface area contributed by atoms with E-state index in [-0.39, 0.29) is 0 Å². The van der Waals surface area contributed by atoms with Gasteiger partial charge in [0.25, 0.3) is 0 Å². The van der Waals surface area contributed by atoms with Crippen molar-refractivity contribution in [3.63, 3.8) is 0 Å². The molecule has 3 rings (SSSR count). The van der Waals surface area contributed by atoms with Gasteiger partial charge < -0.3 is 10.6 Å². The van der Waals surface area contributed by atoms with E-state index in [1.807, 2.05) is 13.2 Å². The van der Waals surface area contributed by atoms with Gasteiger partial charge in [-0.3, -0.25) is 4.68 Å². The average Bonchev–Trinajstić information content (AvgIpc) is 2.60. The van der Waals surface area contributed by atoms with Gasteiger partial charge in [-0.25, -0.2) is 9.97 Å². The topological polar surface area (TPSA) is 72.9 Å². The summed E-state index contributed by atoms with van der Waals surface area (Å²) in [6.45, 7) is 2.72. The maximum atomic E-state index is 5.61. The highest BCUT2D eigenvalue weighted by Gasteiger charge is 2.28. The number of fused-ring (bicyclic) bond motifs is 1. The zero-order valence-corrected chi connectivity index (χ0v) is 9.17. The first-order chi connectivity index (χ1) is 7.79. The molecule has 3 heterocycles. The Balaban J connectivity index is 1.98. The Kier molecular flexibility index (Phi) is 2.03. The molecule has 1 fully saturated rings. The Bertz CT molecular complexity index is 513. The SMILES string of the molecule is Cn1ncc2c(N3CC(CN)C3)ncnc21. The molecule has 0 spiro atoms. The van der Waals surface area contributed by atoms with Gasteiger partial charge in [0.1, 0.15) is 12.1 Å². The van der Waals surface area contributed by atoms with Crippen LogP contribution in [0.1, 0.15) is 0 Å². The maximum Gasteiger partial charge on any atom is 0.163 e. The van der Waals surface area contributed by atoms with Crippen LogP contribution in [0.5, 0.6) is 0 Å². The van der Waals surface area contributed by atoms with Crippen molar-refractivity contribution in [2.24, 2.45) is 18.7 Å². The van der Waals surface area contributed by atoms with Crippen LogP contribution in [0.25, 0.3) is 11.0 Å². The molecule has 0 bridgehead atoms. The van der Waals surface area contributed by atoms with Crippen molar-refractivity contribution >= 4 is 16.9 Å². The summed E-state index contributed by atoms with van der Waals surface area (Å²) in [6.07, 6.45) is 3.41. The standard InChI is InChI=1S/C10H14N6/c1-15-9-8(3-14-15)10(13-6-12-9)16-4-7(2-11)5-16/h3,6-7H,2,4-5,11H2,1H3. The molecule has 6 nitrogen and oxygen atoms in total. The summed E-state index contributed by atoms with van der Waals surface area (Å²) >= 11 is 0. The normalized spacial score (nSPS) is 16.8. The molecule has 1 saturated heterocycles. The van der Waals surface area contributed by atoms with Crippen LogP contribution in [0.15, 0.2) is 12.5 Å². The third kappa shape index (κ3) is 1.26. The summed E-state index contributed by atoms with van der Waals surface area (Å²) in [6, 6.07) is 0. The van der Waals surface area contributed by atoms with Gasteiger partial charge in [0.2, 0.25) is 0 Å². The lowest BCUT2D eigenvalue weighted by molar-refractivity contribution is 0.418. The molecule has 6 heteroatoms. The van der Waals surface area contributed by atoms with Crippen molar-refractivity contribution < 1.29 is 0 Å². The summed E-state index contributed by atoms with van der Waals surface area (Å²) < 4.78 is 1.76. The number of anilines is 1. The Labute approximate surface area is 93.1 Å². The van der Waals surface area contributed by atoms with Gasteiger partial charge in [0, 0.05) is 26.1 Å². The van der Waals surface area contributed by atoms with E-state index in [2.05, 4.69) is 20.0 Å². The molecule has 0 aromatic carbocycles. The molecular weight excluding hydrogens is 204 g/mol. The molecule has 0 aliphatic carbocycles. The van der Waals surface area contributed by atoms with Crippen LogP contribution in [0.4, 0.5) is 5.82 Å². The lowest BCUT2D eigenvalue weighted by atomic mass is 10.0. The molecule has 16 heavy (non-hydrogen) atoms. The van der Waals surface area contributed by atoms with Crippen molar-refractivity contribution in [2.45, 2.75) is 0 Å². The van der Waals surface area contributed by atoms with Gasteiger partial charge in [-0.05, 0) is 6.54 Å². The Morgan fingerprint density at radius 1 is 1.44 bits per heavy atom. The summed E-state index contributed by atoms with van der Waals surface area (Å²) in [4.78, 5) is 10.8. The van der Waals surface area contributed by atoms with Crippen LogP contribution in [0.2, 0.25) is 0 Å². The first kappa shape index (κ1) is 9.53. The Morgan fingerprint density at radius 2 is 2.25 bits per heavy atom. The summed E-state index contributed by atoms with van der Waals surface area (Å²) in [7, 11) is 1.89. The number of rotatable bonds is 2. The van der Waals surface area contributed by atoms with Crippen molar-refractivity contribution in [2.75, 3.05) is 24.5 Å². The number of nitrogens with two attached hydrogens (primary N) is 1. The third-order valence-electron chi connectivity index (χ3n) is 3.10. The molecule has 2 N–H and O–H groups in total. The third-order valence-corrected chi connectivity index (χ3v) is 3.10. The molecule has 0 unspecified atom stereocenters. The highest BCUT2D eigenvalue weighted by molar-refractivity contribution is 5.86. The van der Waals surface area contributed by atoms with E-state index in [0.717, 1.165) is 36.5 Å². The molecule has 2 aromatic rings. The summed E-state index contributed by atoms with van der Waals surface area (Å²) in [5, 5.41) is 5.21. The average molecular weight is 218 g/mol. The predicted octanol–water partition coefficient (Wildman–Crippen LogP) is -0.242. The Morgan fingerprint density at radius 3 is 3.00 bits per heavy atom. The molecule has 1 aliphatic heterocycles. The molecule has 0 atom stereocenters. The second-order valence-electron chi connectivity index (χ2n) is 4.21. The molecule has 84 valence electrons. The minimum absolute atomic E-state index is 0.599. The van der Waals surface area contributed by atoms with Gasteiger partial charge in [-0.1, -0.05) is 0 Å². The highest BCUT2D eigenvalue weighted by Crippen LogP contribution is 2.27. The van der Waals surface area contributed by atoms with Crippen molar-refractivity contribution in [1.29, 1.82) is 0 Å². The van der Waals surface area contributed by atoms with E-state index in [4.69, 9.17) is 5.73 Å². The number of aromatic nitrogens is 4. The second kappa shape index (κ2) is 3.41. The fraction of sp³-hybridized carbons (Fsp3) is 0.500. The zero-order chi connectivity index (χ0) is 11.1. The monoisotopic (exact) mass is 218 g/mol. The van der Waals surface area contributed by atoms with Crippen molar-refractivity contribution in [3.05, 3.63) is 12.5 Å². The molecular formula is C10H14N6. The van der Waals surface area contributed by atoms with Gasteiger partial charge in [0.15, 0.2) is 5.65 Å². The smallest absolute Gasteiger partial charge is 0.163 e. The van der Waals surface area contributed by atoms with Crippen LogP contribution in [0, 0.1) is 5.92 Å². The fourth-order valence-electron chi connectivity index (χ4n) is 2.09. The van der Waals surface area contributed by atoms with E-state index >= 15 is 0 Å². The van der Waals surface area contributed by atoms with Gasteiger partial charge in [-0.2, -0.15) is 5.10 Å². The second-order valence-corrected chi connectivity index (χ2v) is 4.21. The minimum atomic E-state index is 0.599. The zero-order valence-electron chi connectivity index (χ0n) is 9.17. The van der Waals surface area contributed by atoms with E-state index < -0.39 is 0 Å². The van der Waals surface area contributed by atoms with Gasteiger partial charge in [-0.15, -0.1) is 0 Å². The number of hydrogen-bond donors (Lipinski definition) is 1.